The largest absolute Gasteiger partial charge is 0.465 e. The Morgan fingerprint density at radius 3 is 2.44 bits per heavy atom. The smallest absolute Gasteiger partial charge is 0.338 e. The van der Waals surface area contributed by atoms with Crippen molar-refractivity contribution in [1.29, 1.82) is 0 Å². The van der Waals surface area contributed by atoms with Crippen LogP contribution in [0.25, 0.3) is 0 Å². The van der Waals surface area contributed by atoms with E-state index in [4.69, 9.17) is 4.74 Å². The van der Waals surface area contributed by atoms with Crippen LogP contribution in [0, 0.1) is 0 Å². The Hall–Kier alpha value is -3.15. The number of hydrogen-bond acceptors (Lipinski definition) is 5. The molecule has 25 heavy (non-hydrogen) atoms. The number of rotatable bonds is 4. The van der Waals surface area contributed by atoms with Gasteiger partial charge in [0.15, 0.2) is 0 Å². The van der Waals surface area contributed by atoms with Gasteiger partial charge in [0.2, 0.25) is 5.91 Å². The molecule has 2 aromatic carbocycles. The van der Waals surface area contributed by atoms with Crippen LogP contribution in [-0.2, 0) is 27.3 Å². The first kappa shape index (κ1) is 16.7. The van der Waals surface area contributed by atoms with Gasteiger partial charge in [0.1, 0.15) is 6.61 Å². The predicted octanol–water partition coefficient (Wildman–Crippen LogP) is 2.71. The third kappa shape index (κ3) is 3.85. The number of hydrogen-bond donors (Lipinski definition) is 1. The Morgan fingerprint density at radius 2 is 1.72 bits per heavy atom. The van der Waals surface area contributed by atoms with Crippen molar-refractivity contribution in [1.82, 2.24) is 0 Å². The summed E-state index contributed by atoms with van der Waals surface area (Å²) in [5.74, 6) is -0.861. The first-order chi connectivity index (χ1) is 12.1. The van der Waals surface area contributed by atoms with Crippen molar-refractivity contribution in [3.63, 3.8) is 0 Å². The molecule has 0 aromatic heterocycles. The van der Waals surface area contributed by atoms with E-state index in [0.717, 1.165) is 16.8 Å². The van der Waals surface area contributed by atoms with Crippen LogP contribution < -0.4 is 5.32 Å². The molecule has 0 bridgehead atoms. The second-order valence-corrected chi connectivity index (χ2v) is 5.68. The molecule has 1 heterocycles. The highest BCUT2D eigenvalue weighted by Gasteiger charge is 2.17. The van der Waals surface area contributed by atoms with Crippen molar-refractivity contribution >= 4 is 23.5 Å². The van der Waals surface area contributed by atoms with Gasteiger partial charge >= 0.3 is 11.9 Å². The Labute approximate surface area is 144 Å². The van der Waals surface area contributed by atoms with Gasteiger partial charge in [0.05, 0.1) is 18.2 Å². The van der Waals surface area contributed by atoms with Crippen LogP contribution in [0.1, 0.15) is 38.3 Å². The molecule has 0 saturated heterocycles. The van der Waals surface area contributed by atoms with Crippen LogP contribution in [0.2, 0.25) is 0 Å². The number of amides is 1. The van der Waals surface area contributed by atoms with Gasteiger partial charge in [0.25, 0.3) is 0 Å². The zero-order valence-electron chi connectivity index (χ0n) is 13.7. The first-order valence-corrected chi connectivity index (χ1v) is 7.84. The van der Waals surface area contributed by atoms with E-state index in [0.29, 0.717) is 24.0 Å². The molecule has 6 nitrogen and oxygen atoms in total. The molecule has 0 unspecified atom stereocenters. The number of nitrogens with one attached hydrogen (secondary N) is 1. The summed E-state index contributed by atoms with van der Waals surface area (Å²) in [4.78, 5) is 34.9. The molecule has 0 spiro atoms. The second-order valence-electron chi connectivity index (χ2n) is 5.68. The first-order valence-electron chi connectivity index (χ1n) is 7.84. The van der Waals surface area contributed by atoms with Gasteiger partial charge in [-0.15, -0.1) is 0 Å². The molecular weight excluding hydrogens is 322 g/mol. The zero-order valence-corrected chi connectivity index (χ0v) is 13.7. The number of methoxy groups -OCH3 is 1. The van der Waals surface area contributed by atoms with E-state index >= 15 is 0 Å². The topological polar surface area (TPSA) is 81.7 Å². The van der Waals surface area contributed by atoms with E-state index in [-0.39, 0.29) is 12.5 Å². The molecule has 0 aliphatic carbocycles. The zero-order chi connectivity index (χ0) is 17.8. The van der Waals surface area contributed by atoms with Gasteiger partial charge in [-0.2, -0.15) is 0 Å². The third-order valence-electron chi connectivity index (χ3n) is 3.98. The maximum absolute atomic E-state index is 12.2. The molecule has 0 atom stereocenters. The maximum atomic E-state index is 12.2. The minimum atomic E-state index is -0.434. The second kappa shape index (κ2) is 7.17. The quantitative estimate of drug-likeness (QED) is 0.866. The van der Waals surface area contributed by atoms with Gasteiger partial charge in [-0.1, -0.05) is 12.1 Å². The molecule has 0 radical (unpaired) electrons. The summed E-state index contributed by atoms with van der Waals surface area (Å²) in [6, 6.07) is 11.8. The molecule has 1 aliphatic rings. The molecule has 2 aromatic rings. The van der Waals surface area contributed by atoms with Gasteiger partial charge in [-0.3, -0.25) is 4.79 Å². The minimum Gasteiger partial charge on any atom is -0.465 e. The fraction of sp³-hybridized carbons (Fsp3) is 0.211. The van der Waals surface area contributed by atoms with Crippen molar-refractivity contribution in [3.8, 4) is 0 Å². The van der Waals surface area contributed by atoms with Gasteiger partial charge in [0, 0.05) is 12.1 Å². The van der Waals surface area contributed by atoms with Crippen LogP contribution >= 0.6 is 0 Å². The summed E-state index contributed by atoms with van der Waals surface area (Å²) in [6.45, 7) is 0.105. The molecule has 3 rings (SSSR count). The van der Waals surface area contributed by atoms with Crippen LogP contribution in [0.3, 0.4) is 0 Å². The average Bonchev–Trinajstić information content (AvgIpc) is 2.65. The van der Waals surface area contributed by atoms with E-state index in [1.807, 2.05) is 0 Å². The molecule has 1 aliphatic heterocycles. The Bertz CT molecular complexity index is 826. The molecule has 128 valence electrons. The minimum absolute atomic E-state index is 0.0155. The molecule has 1 N–H and O–H groups in total. The molecule has 0 saturated carbocycles. The van der Waals surface area contributed by atoms with Gasteiger partial charge in [-0.05, 0) is 47.9 Å². The SMILES string of the molecule is COC(=O)c1ccc(COC(=O)c2ccc3c(c2)CCC(=O)N3)cc1. The summed E-state index contributed by atoms with van der Waals surface area (Å²) in [6.07, 6.45) is 1.02. The number of carbonyl (C=O) groups excluding carboxylic acids is 3. The fourth-order valence-corrected chi connectivity index (χ4v) is 2.60. The van der Waals surface area contributed by atoms with Crippen LogP contribution in [0.4, 0.5) is 5.69 Å². The standard InChI is InChI=1S/C19H17NO5/c1-24-18(22)13-4-2-12(3-5-13)11-25-19(23)15-6-8-16-14(10-15)7-9-17(21)20-16/h2-6,8,10H,7,9,11H2,1H3,(H,20,21). The summed E-state index contributed by atoms with van der Waals surface area (Å²) < 4.78 is 9.94. The summed E-state index contributed by atoms with van der Waals surface area (Å²) in [5.41, 5.74) is 3.32. The van der Waals surface area contributed by atoms with E-state index < -0.39 is 11.9 Å². The van der Waals surface area contributed by atoms with Gasteiger partial charge in [-0.25, -0.2) is 9.59 Å². The van der Waals surface area contributed by atoms with Crippen molar-refractivity contribution in [2.24, 2.45) is 0 Å². The van der Waals surface area contributed by atoms with Crippen molar-refractivity contribution < 1.29 is 23.9 Å². The van der Waals surface area contributed by atoms with Gasteiger partial charge < -0.3 is 14.8 Å². The summed E-state index contributed by atoms with van der Waals surface area (Å²) >= 11 is 0. The van der Waals surface area contributed by atoms with E-state index in [2.05, 4.69) is 10.1 Å². The van der Waals surface area contributed by atoms with E-state index in [9.17, 15) is 14.4 Å². The number of anilines is 1. The highest BCUT2D eigenvalue weighted by Crippen LogP contribution is 2.24. The lowest BCUT2D eigenvalue weighted by molar-refractivity contribution is -0.116. The van der Waals surface area contributed by atoms with Crippen LogP contribution in [0.15, 0.2) is 42.5 Å². The normalized spacial score (nSPS) is 12.8. The Morgan fingerprint density at radius 1 is 1.00 bits per heavy atom. The Kier molecular flexibility index (Phi) is 4.79. The van der Waals surface area contributed by atoms with Crippen molar-refractivity contribution in [3.05, 3.63) is 64.7 Å². The Balaban J connectivity index is 1.63. The lowest BCUT2D eigenvalue weighted by Gasteiger charge is -2.17. The number of aryl methyl sites for hydroxylation is 1. The van der Waals surface area contributed by atoms with E-state index in [1.54, 1.807) is 42.5 Å². The third-order valence-corrected chi connectivity index (χ3v) is 3.98. The number of benzene rings is 2. The molecule has 6 heteroatoms. The number of carbonyl (C=O) groups is 3. The predicted molar refractivity (Wildman–Crippen MR) is 90.3 cm³/mol. The number of fused-ring (bicyclic) bond motifs is 1. The fourth-order valence-electron chi connectivity index (χ4n) is 2.60. The highest BCUT2D eigenvalue weighted by atomic mass is 16.5. The average molecular weight is 339 g/mol. The molecule has 0 fully saturated rings. The van der Waals surface area contributed by atoms with Crippen molar-refractivity contribution in [2.45, 2.75) is 19.4 Å². The number of esters is 2. The summed E-state index contributed by atoms with van der Waals surface area (Å²) in [7, 11) is 1.32. The highest BCUT2D eigenvalue weighted by molar-refractivity contribution is 5.96. The van der Waals surface area contributed by atoms with Crippen LogP contribution in [-0.4, -0.2) is 25.0 Å². The monoisotopic (exact) mass is 339 g/mol. The molecule has 1 amide bonds. The van der Waals surface area contributed by atoms with Crippen LogP contribution in [0.5, 0.6) is 0 Å². The lowest BCUT2D eigenvalue weighted by Crippen LogP contribution is -2.19. The molecular formula is C19H17NO5. The van der Waals surface area contributed by atoms with E-state index in [1.165, 1.54) is 7.11 Å². The maximum Gasteiger partial charge on any atom is 0.338 e. The summed E-state index contributed by atoms with van der Waals surface area (Å²) in [5, 5.41) is 2.77. The number of ether oxygens (including phenoxy) is 2. The lowest BCUT2D eigenvalue weighted by atomic mass is 10.0. The van der Waals surface area contributed by atoms with Crippen molar-refractivity contribution in [2.75, 3.05) is 12.4 Å².